The van der Waals surface area contributed by atoms with Gasteiger partial charge >= 0.3 is 0 Å². The SMILES string of the molecule is O=[N+]([O-])c1ccc(C2N3CC=C(c4ccccc4)N=C3C2(c2ccccc2)c2ccccc2)cc1. The third-order valence-electron chi connectivity index (χ3n) is 7.00. The predicted molar refractivity (Wildman–Crippen MR) is 138 cm³/mol. The molecule has 0 aliphatic carbocycles. The third-order valence-corrected chi connectivity index (χ3v) is 7.00. The fourth-order valence-corrected chi connectivity index (χ4v) is 5.47. The summed E-state index contributed by atoms with van der Waals surface area (Å²) in [5, 5.41) is 11.3. The predicted octanol–water partition coefficient (Wildman–Crippen LogP) is 6.39. The summed E-state index contributed by atoms with van der Waals surface area (Å²) < 4.78 is 0. The lowest BCUT2D eigenvalue weighted by Crippen LogP contribution is -2.67. The highest BCUT2D eigenvalue weighted by Crippen LogP contribution is 2.57. The van der Waals surface area contributed by atoms with E-state index in [0.717, 1.165) is 33.8 Å². The number of hydrogen-bond donors (Lipinski definition) is 0. The molecule has 6 rings (SSSR count). The highest BCUT2D eigenvalue weighted by molar-refractivity contribution is 6.07. The van der Waals surface area contributed by atoms with Gasteiger partial charge in [0.1, 0.15) is 11.3 Å². The maximum absolute atomic E-state index is 11.3. The van der Waals surface area contributed by atoms with Crippen molar-refractivity contribution < 1.29 is 4.92 Å². The van der Waals surface area contributed by atoms with Gasteiger partial charge in [0.2, 0.25) is 0 Å². The first kappa shape index (κ1) is 21.1. The molecule has 5 heteroatoms. The van der Waals surface area contributed by atoms with Gasteiger partial charge in [-0.05, 0) is 28.3 Å². The molecule has 0 radical (unpaired) electrons. The van der Waals surface area contributed by atoms with Gasteiger partial charge in [-0.1, -0.05) is 103 Å². The van der Waals surface area contributed by atoms with Gasteiger partial charge in [-0.2, -0.15) is 0 Å². The van der Waals surface area contributed by atoms with Crippen LogP contribution in [0, 0.1) is 10.1 Å². The Kier molecular flexibility index (Phi) is 5.03. The van der Waals surface area contributed by atoms with E-state index in [9.17, 15) is 10.1 Å². The van der Waals surface area contributed by atoms with Crippen LogP contribution < -0.4 is 0 Å². The molecule has 4 aromatic carbocycles. The van der Waals surface area contributed by atoms with E-state index in [2.05, 4.69) is 71.6 Å². The number of nitro groups is 1. The van der Waals surface area contributed by atoms with Crippen LogP contribution in [0.5, 0.6) is 0 Å². The highest BCUT2D eigenvalue weighted by atomic mass is 16.6. The van der Waals surface area contributed by atoms with Crippen molar-refractivity contribution in [3.8, 4) is 0 Å². The zero-order valence-electron chi connectivity index (χ0n) is 19.0. The van der Waals surface area contributed by atoms with Crippen LogP contribution in [0.2, 0.25) is 0 Å². The minimum Gasteiger partial charge on any atom is -0.346 e. The van der Waals surface area contributed by atoms with Gasteiger partial charge in [-0.15, -0.1) is 0 Å². The van der Waals surface area contributed by atoms with Crippen molar-refractivity contribution in [1.82, 2.24) is 4.90 Å². The number of rotatable bonds is 5. The zero-order chi connectivity index (χ0) is 23.8. The lowest BCUT2D eigenvalue weighted by atomic mass is 9.59. The zero-order valence-corrected chi connectivity index (χ0v) is 19.0. The van der Waals surface area contributed by atoms with Crippen molar-refractivity contribution >= 4 is 17.2 Å². The number of nitro benzene ring substituents is 1. The molecule has 1 unspecified atom stereocenters. The second-order valence-corrected chi connectivity index (χ2v) is 8.83. The molecule has 1 fully saturated rings. The second kappa shape index (κ2) is 8.37. The van der Waals surface area contributed by atoms with Crippen molar-refractivity contribution in [2.75, 3.05) is 6.54 Å². The van der Waals surface area contributed by atoms with Gasteiger partial charge in [-0.3, -0.25) is 10.1 Å². The fraction of sp³-hybridized carbons (Fsp3) is 0.100. The minimum atomic E-state index is -0.521. The summed E-state index contributed by atoms with van der Waals surface area (Å²) in [5.74, 6) is 1.000. The molecule has 170 valence electrons. The summed E-state index contributed by atoms with van der Waals surface area (Å²) in [5.41, 5.74) is 4.96. The Hall–Kier alpha value is -4.51. The number of nitrogens with zero attached hydrogens (tertiary/aromatic N) is 3. The fourth-order valence-electron chi connectivity index (χ4n) is 5.47. The van der Waals surface area contributed by atoms with Crippen molar-refractivity contribution in [2.24, 2.45) is 4.99 Å². The van der Waals surface area contributed by atoms with Crippen molar-refractivity contribution in [2.45, 2.75) is 11.5 Å². The van der Waals surface area contributed by atoms with E-state index in [0.29, 0.717) is 6.54 Å². The Morgan fingerprint density at radius 1 is 0.771 bits per heavy atom. The topological polar surface area (TPSA) is 58.7 Å². The molecule has 0 spiro atoms. The van der Waals surface area contributed by atoms with Crippen LogP contribution in [0.3, 0.4) is 0 Å². The van der Waals surface area contributed by atoms with E-state index in [-0.39, 0.29) is 16.7 Å². The van der Waals surface area contributed by atoms with Crippen molar-refractivity contribution in [3.63, 3.8) is 0 Å². The number of benzene rings is 4. The summed E-state index contributed by atoms with van der Waals surface area (Å²) in [7, 11) is 0. The summed E-state index contributed by atoms with van der Waals surface area (Å²) in [6.45, 7) is 0.714. The first-order chi connectivity index (χ1) is 17.2. The molecular weight excluding hydrogens is 434 g/mol. The summed E-state index contributed by atoms with van der Waals surface area (Å²) in [4.78, 5) is 18.5. The molecule has 5 nitrogen and oxygen atoms in total. The van der Waals surface area contributed by atoms with Crippen LogP contribution in [0.15, 0.2) is 126 Å². The number of amidine groups is 1. The van der Waals surface area contributed by atoms with E-state index in [1.54, 1.807) is 12.1 Å². The van der Waals surface area contributed by atoms with Crippen molar-refractivity contribution in [1.29, 1.82) is 0 Å². The molecular formula is C30H23N3O2. The monoisotopic (exact) mass is 457 g/mol. The van der Waals surface area contributed by atoms with Gasteiger partial charge < -0.3 is 4.90 Å². The first-order valence-corrected chi connectivity index (χ1v) is 11.7. The van der Waals surface area contributed by atoms with Crippen LogP contribution in [-0.4, -0.2) is 22.2 Å². The Balaban J connectivity index is 1.58. The summed E-state index contributed by atoms with van der Waals surface area (Å²) in [6, 6.07) is 38.1. The Bertz CT molecular complexity index is 1390. The van der Waals surface area contributed by atoms with Crippen LogP contribution in [0.1, 0.15) is 28.3 Å². The molecule has 1 saturated heterocycles. The number of aliphatic imine (C=N–C) groups is 1. The Labute approximate surface area is 203 Å². The van der Waals surface area contributed by atoms with E-state index >= 15 is 0 Å². The molecule has 2 aliphatic heterocycles. The molecule has 0 aromatic heterocycles. The second-order valence-electron chi connectivity index (χ2n) is 8.83. The normalized spacial score (nSPS) is 18.1. The smallest absolute Gasteiger partial charge is 0.269 e. The molecule has 2 heterocycles. The molecule has 4 aromatic rings. The van der Waals surface area contributed by atoms with Gasteiger partial charge in [0.05, 0.1) is 16.7 Å². The average molecular weight is 458 g/mol. The van der Waals surface area contributed by atoms with Crippen LogP contribution in [0.25, 0.3) is 5.70 Å². The van der Waals surface area contributed by atoms with Gasteiger partial charge in [-0.25, -0.2) is 4.99 Å². The average Bonchev–Trinajstić information content (AvgIpc) is 2.91. The maximum atomic E-state index is 11.3. The highest BCUT2D eigenvalue weighted by Gasteiger charge is 2.61. The largest absolute Gasteiger partial charge is 0.346 e. The minimum absolute atomic E-state index is 0.0552. The number of fused-ring (bicyclic) bond motifs is 1. The van der Waals surface area contributed by atoms with E-state index < -0.39 is 5.41 Å². The Morgan fingerprint density at radius 2 is 1.31 bits per heavy atom. The Morgan fingerprint density at radius 3 is 1.86 bits per heavy atom. The van der Waals surface area contributed by atoms with E-state index in [1.807, 2.05) is 42.5 Å². The molecule has 2 aliphatic rings. The molecule has 0 saturated carbocycles. The summed E-state index contributed by atoms with van der Waals surface area (Å²) >= 11 is 0. The molecule has 0 bridgehead atoms. The molecule has 0 amide bonds. The van der Waals surface area contributed by atoms with Gasteiger partial charge in [0.25, 0.3) is 5.69 Å². The standard InChI is InChI=1S/C30H23N3O2/c34-33(35)26-18-16-23(17-19-26)28-30(24-12-6-2-7-13-24,25-14-8-3-9-15-25)29-31-27(20-21-32(28)29)22-10-4-1-5-11-22/h1-20,28H,21H2. The van der Waals surface area contributed by atoms with Crippen molar-refractivity contribution in [3.05, 3.63) is 154 Å². The van der Waals surface area contributed by atoms with Gasteiger partial charge in [0.15, 0.2) is 0 Å². The lowest BCUT2D eigenvalue weighted by Gasteiger charge is -2.60. The van der Waals surface area contributed by atoms with E-state index in [4.69, 9.17) is 4.99 Å². The quantitative estimate of drug-likeness (QED) is 0.258. The number of hydrogen-bond acceptors (Lipinski definition) is 4. The van der Waals surface area contributed by atoms with E-state index in [1.165, 1.54) is 0 Å². The van der Waals surface area contributed by atoms with Gasteiger partial charge in [0, 0.05) is 18.7 Å². The number of non-ortho nitro benzene ring substituents is 1. The van der Waals surface area contributed by atoms with Crippen LogP contribution in [0.4, 0.5) is 5.69 Å². The lowest BCUT2D eigenvalue weighted by molar-refractivity contribution is -0.384. The van der Waals surface area contributed by atoms with Crippen LogP contribution >= 0.6 is 0 Å². The summed E-state index contributed by atoms with van der Waals surface area (Å²) in [6.07, 6.45) is 2.16. The molecule has 35 heavy (non-hydrogen) atoms. The maximum Gasteiger partial charge on any atom is 0.269 e. The first-order valence-electron chi connectivity index (χ1n) is 11.7. The third kappa shape index (κ3) is 3.28. The molecule has 1 atom stereocenters. The molecule has 0 N–H and O–H groups in total. The van der Waals surface area contributed by atoms with Crippen LogP contribution in [-0.2, 0) is 5.41 Å².